The van der Waals surface area contributed by atoms with E-state index in [4.69, 9.17) is 15.2 Å². The third-order valence-electron chi connectivity index (χ3n) is 3.30. The molecule has 0 aliphatic carbocycles. The zero-order valence-corrected chi connectivity index (χ0v) is 11.6. The van der Waals surface area contributed by atoms with Crippen LogP contribution in [0.25, 0.3) is 0 Å². The van der Waals surface area contributed by atoms with Gasteiger partial charge in [-0.15, -0.1) is 0 Å². The van der Waals surface area contributed by atoms with Gasteiger partial charge in [-0.1, -0.05) is 11.6 Å². The highest BCUT2D eigenvalue weighted by atomic mass is 16.5. The Bertz CT molecular complexity index is 530. The highest BCUT2D eigenvalue weighted by molar-refractivity contribution is 6.01. The van der Waals surface area contributed by atoms with Crippen LogP contribution in [0.1, 0.15) is 15.9 Å². The summed E-state index contributed by atoms with van der Waals surface area (Å²) < 4.78 is 9.97. The third-order valence-corrected chi connectivity index (χ3v) is 3.30. The van der Waals surface area contributed by atoms with Gasteiger partial charge in [0.15, 0.2) is 6.04 Å². The van der Waals surface area contributed by atoms with E-state index in [0.717, 1.165) is 5.56 Å². The fourth-order valence-electron chi connectivity index (χ4n) is 2.19. The number of carbonyl (C=O) groups is 2. The molecule has 1 unspecified atom stereocenters. The summed E-state index contributed by atoms with van der Waals surface area (Å²) in [6.07, 6.45) is 0. The predicted molar refractivity (Wildman–Crippen MR) is 73.3 cm³/mol. The maximum Gasteiger partial charge on any atom is 0.331 e. The number of rotatable bonds is 2. The Morgan fingerprint density at radius 1 is 1.45 bits per heavy atom. The first kappa shape index (κ1) is 14.3. The molecule has 1 aromatic carbocycles. The van der Waals surface area contributed by atoms with Crippen LogP contribution in [0.3, 0.4) is 0 Å². The number of ether oxygens (including phenoxy) is 2. The van der Waals surface area contributed by atoms with Gasteiger partial charge in [0.05, 0.1) is 25.9 Å². The fraction of sp³-hybridized carbons (Fsp3) is 0.429. The second kappa shape index (κ2) is 5.92. The second-order valence-corrected chi connectivity index (χ2v) is 4.70. The molecule has 1 aromatic rings. The van der Waals surface area contributed by atoms with Crippen LogP contribution in [0.2, 0.25) is 0 Å². The molecule has 1 saturated heterocycles. The molecule has 6 nitrogen and oxygen atoms in total. The molecule has 6 heteroatoms. The molecule has 1 atom stereocenters. The van der Waals surface area contributed by atoms with Crippen molar-refractivity contribution in [2.75, 3.05) is 32.6 Å². The molecule has 1 aliphatic heterocycles. The number of nitrogens with two attached hydrogens (primary N) is 1. The molecule has 1 amide bonds. The Kier molecular flexibility index (Phi) is 4.24. The number of esters is 1. The first-order valence-corrected chi connectivity index (χ1v) is 6.37. The van der Waals surface area contributed by atoms with E-state index >= 15 is 0 Å². The van der Waals surface area contributed by atoms with Gasteiger partial charge in [-0.05, 0) is 19.1 Å². The largest absolute Gasteiger partial charge is 0.467 e. The Morgan fingerprint density at radius 3 is 2.90 bits per heavy atom. The van der Waals surface area contributed by atoms with Gasteiger partial charge in [0.2, 0.25) is 0 Å². The van der Waals surface area contributed by atoms with Gasteiger partial charge < -0.3 is 20.1 Å². The van der Waals surface area contributed by atoms with Gasteiger partial charge in [-0.3, -0.25) is 4.79 Å². The molecule has 0 aromatic heterocycles. The second-order valence-electron chi connectivity index (χ2n) is 4.70. The number of methoxy groups -OCH3 is 1. The van der Waals surface area contributed by atoms with Crippen molar-refractivity contribution in [3.8, 4) is 0 Å². The van der Waals surface area contributed by atoms with Crippen molar-refractivity contribution >= 4 is 17.6 Å². The van der Waals surface area contributed by atoms with E-state index < -0.39 is 12.0 Å². The molecule has 0 bridgehead atoms. The first-order valence-electron chi connectivity index (χ1n) is 6.37. The molecule has 1 fully saturated rings. The first-order chi connectivity index (χ1) is 9.54. The van der Waals surface area contributed by atoms with Gasteiger partial charge >= 0.3 is 5.97 Å². The maximum absolute atomic E-state index is 12.6. The maximum atomic E-state index is 12.6. The summed E-state index contributed by atoms with van der Waals surface area (Å²) in [5.41, 5.74) is 7.59. The molecule has 0 saturated carbocycles. The number of aryl methyl sites for hydroxylation is 1. The molecular formula is C14H18N2O4. The Labute approximate surface area is 117 Å². The average Bonchev–Trinajstić information content (AvgIpc) is 2.48. The van der Waals surface area contributed by atoms with Gasteiger partial charge in [-0.25, -0.2) is 4.79 Å². The highest BCUT2D eigenvalue weighted by Gasteiger charge is 2.34. The van der Waals surface area contributed by atoms with Crippen molar-refractivity contribution in [3.63, 3.8) is 0 Å². The van der Waals surface area contributed by atoms with E-state index in [2.05, 4.69) is 0 Å². The molecule has 2 N–H and O–H groups in total. The molecule has 108 valence electrons. The molecular weight excluding hydrogens is 260 g/mol. The molecule has 20 heavy (non-hydrogen) atoms. The molecule has 0 spiro atoms. The number of hydrogen-bond donors (Lipinski definition) is 1. The highest BCUT2D eigenvalue weighted by Crippen LogP contribution is 2.19. The smallest absolute Gasteiger partial charge is 0.331 e. The van der Waals surface area contributed by atoms with Crippen molar-refractivity contribution in [2.45, 2.75) is 13.0 Å². The van der Waals surface area contributed by atoms with E-state index in [1.165, 1.54) is 12.0 Å². The normalized spacial score (nSPS) is 18.7. The number of hydrogen-bond acceptors (Lipinski definition) is 5. The monoisotopic (exact) mass is 278 g/mol. The average molecular weight is 278 g/mol. The lowest BCUT2D eigenvalue weighted by Crippen LogP contribution is -2.53. The summed E-state index contributed by atoms with van der Waals surface area (Å²) in [6.45, 7) is 2.76. The van der Waals surface area contributed by atoms with Crippen molar-refractivity contribution in [3.05, 3.63) is 29.3 Å². The van der Waals surface area contributed by atoms with Gasteiger partial charge in [0, 0.05) is 12.2 Å². The van der Waals surface area contributed by atoms with E-state index in [1.807, 2.05) is 13.0 Å². The van der Waals surface area contributed by atoms with E-state index in [9.17, 15) is 9.59 Å². The zero-order chi connectivity index (χ0) is 14.7. The van der Waals surface area contributed by atoms with Crippen molar-refractivity contribution in [1.82, 2.24) is 4.90 Å². The van der Waals surface area contributed by atoms with Crippen LogP contribution < -0.4 is 5.73 Å². The number of anilines is 1. The topological polar surface area (TPSA) is 81.9 Å². The van der Waals surface area contributed by atoms with Crippen molar-refractivity contribution in [2.24, 2.45) is 0 Å². The summed E-state index contributed by atoms with van der Waals surface area (Å²) in [5, 5.41) is 0. The van der Waals surface area contributed by atoms with Gasteiger partial charge in [0.25, 0.3) is 5.91 Å². The van der Waals surface area contributed by atoms with Crippen LogP contribution >= 0.6 is 0 Å². The Hall–Kier alpha value is -2.08. The Balaban J connectivity index is 2.30. The number of carbonyl (C=O) groups excluding carboxylic acids is 2. The third kappa shape index (κ3) is 2.75. The number of nitrogen functional groups attached to an aromatic ring is 1. The fourth-order valence-corrected chi connectivity index (χ4v) is 2.19. The minimum Gasteiger partial charge on any atom is -0.467 e. The lowest BCUT2D eigenvalue weighted by molar-refractivity contribution is -0.151. The van der Waals surface area contributed by atoms with Crippen LogP contribution in [0, 0.1) is 6.92 Å². The van der Waals surface area contributed by atoms with Crippen LogP contribution in [-0.2, 0) is 14.3 Å². The number of nitrogens with zero attached hydrogens (tertiary/aromatic N) is 1. The molecule has 1 aliphatic rings. The summed E-state index contributed by atoms with van der Waals surface area (Å²) in [6, 6.07) is 4.53. The van der Waals surface area contributed by atoms with E-state index in [-0.39, 0.29) is 12.5 Å². The standard InChI is InChI=1S/C14H18N2O4/c1-9-3-4-11(15)10(7-9)13(17)16-5-6-20-8-12(16)14(18)19-2/h3-4,7,12H,5-6,8,15H2,1-2H3. The minimum atomic E-state index is -0.721. The summed E-state index contributed by atoms with van der Waals surface area (Å²) >= 11 is 0. The zero-order valence-electron chi connectivity index (χ0n) is 11.6. The summed E-state index contributed by atoms with van der Waals surface area (Å²) in [5.74, 6) is -0.755. The number of benzene rings is 1. The predicted octanol–water partition coefficient (Wildman–Crippen LogP) is 0.591. The lowest BCUT2D eigenvalue weighted by Gasteiger charge is -2.33. The number of morpholine rings is 1. The summed E-state index contributed by atoms with van der Waals surface area (Å²) in [7, 11) is 1.29. The van der Waals surface area contributed by atoms with Crippen LogP contribution in [0.15, 0.2) is 18.2 Å². The van der Waals surface area contributed by atoms with Crippen LogP contribution in [-0.4, -0.2) is 49.7 Å². The van der Waals surface area contributed by atoms with Crippen molar-refractivity contribution in [1.29, 1.82) is 0 Å². The van der Waals surface area contributed by atoms with Crippen molar-refractivity contribution < 1.29 is 19.1 Å². The van der Waals surface area contributed by atoms with Crippen LogP contribution in [0.5, 0.6) is 0 Å². The van der Waals surface area contributed by atoms with Crippen LogP contribution in [0.4, 0.5) is 5.69 Å². The lowest BCUT2D eigenvalue weighted by atomic mass is 10.1. The SMILES string of the molecule is COC(=O)C1COCCN1C(=O)c1cc(C)ccc1N. The molecule has 0 radical (unpaired) electrons. The quantitative estimate of drug-likeness (QED) is 0.632. The minimum absolute atomic E-state index is 0.143. The molecule has 1 heterocycles. The van der Waals surface area contributed by atoms with E-state index in [1.54, 1.807) is 12.1 Å². The number of amides is 1. The van der Waals surface area contributed by atoms with Gasteiger partial charge in [-0.2, -0.15) is 0 Å². The molecule has 2 rings (SSSR count). The Morgan fingerprint density at radius 2 is 2.20 bits per heavy atom. The van der Waals surface area contributed by atoms with Gasteiger partial charge in [0.1, 0.15) is 0 Å². The van der Waals surface area contributed by atoms with E-state index in [0.29, 0.717) is 24.4 Å². The summed E-state index contributed by atoms with van der Waals surface area (Å²) in [4.78, 5) is 25.8.